The normalized spacial score (nSPS) is 7.33. The molecular formula is C6H9IN2. The van der Waals surface area contributed by atoms with Crippen molar-refractivity contribution in [2.45, 2.75) is 0 Å². The van der Waals surface area contributed by atoms with Crippen molar-refractivity contribution in [3.63, 3.8) is 0 Å². The van der Waals surface area contributed by atoms with Crippen LogP contribution in [0.15, 0.2) is 30.6 Å². The van der Waals surface area contributed by atoms with Crippen LogP contribution in [0.25, 0.3) is 0 Å². The molecule has 0 aliphatic rings. The van der Waals surface area contributed by atoms with E-state index in [4.69, 9.17) is 5.73 Å². The van der Waals surface area contributed by atoms with E-state index < -0.39 is 0 Å². The minimum atomic E-state index is 0.720. The van der Waals surface area contributed by atoms with Crippen LogP contribution >= 0.6 is 22.6 Å². The van der Waals surface area contributed by atoms with E-state index in [2.05, 4.69) is 27.6 Å². The highest BCUT2D eigenvalue weighted by atomic mass is 127. The summed E-state index contributed by atoms with van der Waals surface area (Å²) in [6.45, 7) is 0. The van der Waals surface area contributed by atoms with Crippen molar-refractivity contribution in [3.8, 4) is 0 Å². The first-order chi connectivity index (χ1) is 4.41. The molecule has 1 aromatic heterocycles. The molecule has 0 aliphatic heterocycles. The molecule has 0 atom stereocenters. The Labute approximate surface area is 68.6 Å². The molecule has 0 radical (unpaired) electrons. The van der Waals surface area contributed by atoms with Crippen LogP contribution in [0.2, 0.25) is 0 Å². The summed E-state index contributed by atoms with van der Waals surface area (Å²) < 4.78 is 0.720. The largest absolute Gasteiger partial charge is 0.322 e. The van der Waals surface area contributed by atoms with E-state index in [0.29, 0.717) is 0 Å². The molecule has 0 aliphatic carbocycles. The lowest BCUT2D eigenvalue weighted by Gasteiger charge is -1.70. The summed E-state index contributed by atoms with van der Waals surface area (Å²) in [6, 6.07) is 5.72. The number of halogens is 1. The van der Waals surface area contributed by atoms with Crippen LogP contribution in [0, 0.1) is 0 Å². The molecular weight excluding hydrogens is 227 g/mol. The molecule has 2 N–H and O–H groups in total. The summed E-state index contributed by atoms with van der Waals surface area (Å²) >= 11 is 2.07. The van der Waals surface area contributed by atoms with Crippen LogP contribution in [0.3, 0.4) is 0 Å². The van der Waals surface area contributed by atoms with Gasteiger partial charge in [0.2, 0.25) is 0 Å². The van der Waals surface area contributed by atoms with Gasteiger partial charge in [0.25, 0.3) is 0 Å². The van der Waals surface area contributed by atoms with Crippen LogP contribution in [-0.2, 0) is 0 Å². The average Bonchev–Trinajstić information content (AvgIpc) is 1.93. The maximum atomic E-state index is 4.83. The first-order valence-electron chi connectivity index (χ1n) is 2.53. The Morgan fingerprint density at radius 3 is 1.78 bits per heavy atom. The SMILES string of the molecule is NCI.c1ccncc1. The Morgan fingerprint density at radius 1 is 1.22 bits per heavy atom. The van der Waals surface area contributed by atoms with Gasteiger partial charge in [-0.3, -0.25) is 4.98 Å². The Morgan fingerprint density at radius 2 is 1.67 bits per heavy atom. The van der Waals surface area contributed by atoms with Gasteiger partial charge < -0.3 is 5.73 Å². The first kappa shape index (κ1) is 8.84. The third-order valence-electron chi connectivity index (χ3n) is 0.566. The van der Waals surface area contributed by atoms with Crippen LogP contribution in [0.1, 0.15) is 0 Å². The molecule has 3 heteroatoms. The summed E-state index contributed by atoms with van der Waals surface area (Å²) in [5.41, 5.74) is 4.83. The van der Waals surface area contributed by atoms with Gasteiger partial charge >= 0.3 is 0 Å². The second-order valence-corrected chi connectivity index (χ2v) is 2.06. The zero-order chi connectivity index (χ0) is 6.95. The number of alkyl halides is 1. The van der Waals surface area contributed by atoms with E-state index in [-0.39, 0.29) is 0 Å². The zero-order valence-electron chi connectivity index (χ0n) is 5.00. The number of pyridine rings is 1. The van der Waals surface area contributed by atoms with E-state index in [0.717, 1.165) is 4.55 Å². The fraction of sp³-hybridized carbons (Fsp3) is 0.167. The summed E-state index contributed by atoms with van der Waals surface area (Å²) in [6.07, 6.45) is 3.50. The van der Waals surface area contributed by atoms with Gasteiger partial charge in [-0.05, 0) is 12.1 Å². The molecule has 0 saturated carbocycles. The number of aromatic nitrogens is 1. The summed E-state index contributed by atoms with van der Waals surface area (Å²) in [5, 5.41) is 0. The molecule has 0 aromatic carbocycles. The highest BCUT2D eigenvalue weighted by molar-refractivity contribution is 14.1. The van der Waals surface area contributed by atoms with Gasteiger partial charge in [-0.15, -0.1) is 0 Å². The monoisotopic (exact) mass is 236 g/mol. The van der Waals surface area contributed by atoms with Crippen molar-refractivity contribution in [2.75, 3.05) is 4.55 Å². The molecule has 0 spiro atoms. The third-order valence-corrected chi connectivity index (χ3v) is 0.566. The lowest BCUT2D eigenvalue weighted by molar-refractivity contribution is 1.33. The van der Waals surface area contributed by atoms with Gasteiger partial charge in [0.1, 0.15) is 0 Å². The molecule has 1 rings (SSSR count). The lowest BCUT2D eigenvalue weighted by Crippen LogP contribution is -1.82. The van der Waals surface area contributed by atoms with Crippen molar-refractivity contribution < 1.29 is 0 Å². The number of nitrogens with two attached hydrogens (primary N) is 1. The summed E-state index contributed by atoms with van der Waals surface area (Å²) in [4.78, 5) is 3.78. The number of rotatable bonds is 0. The van der Waals surface area contributed by atoms with Gasteiger partial charge in [0.15, 0.2) is 0 Å². The Hall–Kier alpha value is -0.160. The summed E-state index contributed by atoms with van der Waals surface area (Å²) in [5.74, 6) is 0. The van der Waals surface area contributed by atoms with Crippen LogP contribution < -0.4 is 5.73 Å². The van der Waals surface area contributed by atoms with Gasteiger partial charge in [-0.2, -0.15) is 0 Å². The fourth-order valence-electron chi connectivity index (χ4n) is 0.313. The topological polar surface area (TPSA) is 38.9 Å². The highest BCUT2D eigenvalue weighted by Gasteiger charge is 1.58. The quantitative estimate of drug-likeness (QED) is 0.420. The Kier molecular flexibility index (Phi) is 7.70. The van der Waals surface area contributed by atoms with Crippen molar-refractivity contribution in [1.82, 2.24) is 4.98 Å². The highest BCUT2D eigenvalue weighted by Crippen LogP contribution is 1.73. The van der Waals surface area contributed by atoms with E-state index in [1.807, 2.05) is 18.2 Å². The Bertz CT molecular complexity index is 93.9. The molecule has 0 bridgehead atoms. The maximum absolute atomic E-state index is 4.83. The number of hydrogen-bond acceptors (Lipinski definition) is 2. The zero-order valence-corrected chi connectivity index (χ0v) is 7.15. The number of hydrogen-bond donors (Lipinski definition) is 1. The van der Waals surface area contributed by atoms with E-state index in [1.165, 1.54) is 0 Å². The van der Waals surface area contributed by atoms with E-state index >= 15 is 0 Å². The van der Waals surface area contributed by atoms with Gasteiger partial charge in [-0.1, -0.05) is 28.7 Å². The summed E-state index contributed by atoms with van der Waals surface area (Å²) in [7, 11) is 0. The van der Waals surface area contributed by atoms with E-state index in [9.17, 15) is 0 Å². The molecule has 0 unspecified atom stereocenters. The molecule has 50 valence electrons. The maximum Gasteiger partial charge on any atom is 0.0454 e. The molecule has 0 saturated heterocycles. The lowest BCUT2D eigenvalue weighted by atomic mass is 10.5. The van der Waals surface area contributed by atoms with Crippen molar-refractivity contribution in [3.05, 3.63) is 30.6 Å². The molecule has 0 amide bonds. The van der Waals surface area contributed by atoms with Crippen LogP contribution in [0.5, 0.6) is 0 Å². The molecule has 2 nitrogen and oxygen atoms in total. The van der Waals surface area contributed by atoms with Crippen molar-refractivity contribution >= 4 is 22.6 Å². The van der Waals surface area contributed by atoms with Crippen molar-refractivity contribution in [1.29, 1.82) is 0 Å². The van der Waals surface area contributed by atoms with E-state index in [1.54, 1.807) is 12.4 Å². The molecule has 9 heavy (non-hydrogen) atoms. The minimum absolute atomic E-state index is 0.720. The van der Waals surface area contributed by atoms with Crippen LogP contribution in [0.4, 0.5) is 0 Å². The molecule has 1 aromatic rings. The minimum Gasteiger partial charge on any atom is -0.322 e. The smallest absolute Gasteiger partial charge is 0.0454 e. The van der Waals surface area contributed by atoms with Crippen LogP contribution in [-0.4, -0.2) is 9.54 Å². The number of nitrogens with zero attached hydrogens (tertiary/aromatic N) is 1. The average molecular weight is 236 g/mol. The predicted molar refractivity (Wildman–Crippen MR) is 47.3 cm³/mol. The second kappa shape index (κ2) is 7.84. The second-order valence-electron chi connectivity index (χ2n) is 1.18. The third kappa shape index (κ3) is 7.84. The first-order valence-corrected chi connectivity index (χ1v) is 4.05. The Balaban J connectivity index is 0.000000187. The molecule has 1 heterocycles. The van der Waals surface area contributed by atoms with Gasteiger partial charge in [-0.25, -0.2) is 0 Å². The van der Waals surface area contributed by atoms with Gasteiger partial charge in [0, 0.05) is 16.9 Å². The fourth-order valence-corrected chi connectivity index (χ4v) is 0.313. The predicted octanol–water partition coefficient (Wildman–Crippen LogP) is 1.42. The van der Waals surface area contributed by atoms with Gasteiger partial charge in [0.05, 0.1) is 0 Å². The standard InChI is InChI=1S/C5H5N.CH4IN/c1-2-4-6-5-3-1;2-1-3/h1-5H;1,3H2. The molecule has 0 fully saturated rings. The van der Waals surface area contributed by atoms with Crippen molar-refractivity contribution in [2.24, 2.45) is 5.73 Å².